The third-order valence-corrected chi connectivity index (χ3v) is 5.23. The molecule has 1 fully saturated rings. The van der Waals surface area contributed by atoms with Crippen LogP contribution in [0.3, 0.4) is 0 Å². The molecule has 0 radical (unpaired) electrons. The predicted octanol–water partition coefficient (Wildman–Crippen LogP) is 4.45. The van der Waals surface area contributed by atoms with E-state index in [1.807, 2.05) is 72.5 Å². The van der Waals surface area contributed by atoms with E-state index in [0.29, 0.717) is 25.1 Å². The molecule has 1 aliphatic rings. The predicted molar refractivity (Wildman–Crippen MR) is 105 cm³/mol. The smallest absolute Gasteiger partial charge is 0.306 e. The summed E-state index contributed by atoms with van der Waals surface area (Å²) in [6, 6.07) is 19.5. The normalized spacial score (nSPS) is 18.9. The third-order valence-electron chi connectivity index (χ3n) is 5.23. The fourth-order valence-electron chi connectivity index (χ4n) is 3.97. The van der Waals surface area contributed by atoms with Crippen LogP contribution in [0.4, 0.5) is 0 Å². The molecule has 1 saturated carbocycles. The molecule has 0 N–H and O–H groups in total. The first-order valence-electron chi connectivity index (χ1n) is 9.74. The van der Waals surface area contributed by atoms with Gasteiger partial charge in [-0.15, -0.1) is 0 Å². The van der Waals surface area contributed by atoms with Crippen molar-refractivity contribution >= 4 is 11.9 Å². The van der Waals surface area contributed by atoms with Crippen LogP contribution in [0, 0.1) is 5.92 Å². The fourth-order valence-corrected chi connectivity index (χ4v) is 3.97. The summed E-state index contributed by atoms with van der Waals surface area (Å²) in [6.07, 6.45) is 3.29. The first kappa shape index (κ1) is 19.2. The summed E-state index contributed by atoms with van der Waals surface area (Å²) in [7, 11) is 0. The van der Waals surface area contributed by atoms with Crippen LogP contribution in [-0.4, -0.2) is 29.4 Å². The van der Waals surface area contributed by atoms with Crippen molar-refractivity contribution in [3.63, 3.8) is 0 Å². The van der Waals surface area contributed by atoms with Gasteiger partial charge in [-0.1, -0.05) is 55.0 Å². The van der Waals surface area contributed by atoms with Gasteiger partial charge in [-0.2, -0.15) is 0 Å². The van der Waals surface area contributed by atoms with Crippen LogP contribution in [0.15, 0.2) is 60.7 Å². The van der Waals surface area contributed by atoms with Gasteiger partial charge in [0.2, 0.25) is 0 Å². The van der Waals surface area contributed by atoms with E-state index in [1.165, 1.54) is 0 Å². The van der Waals surface area contributed by atoms with Crippen molar-refractivity contribution in [1.82, 2.24) is 4.90 Å². The van der Waals surface area contributed by atoms with Crippen molar-refractivity contribution in [3.05, 3.63) is 71.8 Å². The van der Waals surface area contributed by atoms with Gasteiger partial charge in [-0.25, -0.2) is 0 Å². The van der Waals surface area contributed by atoms with Gasteiger partial charge in [0.15, 0.2) is 0 Å². The molecule has 2 aromatic carbocycles. The minimum Gasteiger partial charge on any atom is -0.466 e. The first-order valence-corrected chi connectivity index (χ1v) is 9.74. The number of carbonyl (C=O) groups excluding carboxylic acids is 2. The van der Waals surface area contributed by atoms with Crippen molar-refractivity contribution in [2.45, 2.75) is 45.2 Å². The van der Waals surface area contributed by atoms with E-state index < -0.39 is 0 Å². The molecule has 0 spiro atoms. The summed E-state index contributed by atoms with van der Waals surface area (Å²) < 4.78 is 5.15. The third kappa shape index (κ3) is 4.97. The lowest BCUT2D eigenvalue weighted by Gasteiger charge is -2.33. The molecule has 0 saturated heterocycles. The van der Waals surface area contributed by atoms with E-state index in [0.717, 1.165) is 24.8 Å². The summed E-state index contributed by atoms with van der Waals surface area (Å²) in [5.41, 5.74) is 1.79. The Labute approximate surface area is 161 Å². The topological polar surface area (TPSA) is 46.6 Å². The van der Waals surface area contributed by atoms with Crippen molar-refractivity contribution in [2.75, 3.05) is 6.61 Å². The van der Waals surface area contributed by atoms with E-state index in [2.05, 4.69) is 0 Å². The van der Waals surface area contributed by atoms with Crippen LogP contribution in [0.25, 0.3) is 0 Å². The second-order valence-electron chi connectivity index (χ2n) is 7.05. The molecule has 3 rings (SSSR count). The number of nitrogens with zero attached hydrogens (tertiary/aromatic N) is 1. The van der Waals surface area contributed by atoms with E-state index in [4.69, 9.17) is 4.74 Å². The number of benzene rings is 2. The maximum Gasteiger partial charge on any atom is 0.306 e. The Morgan fingerprint density at radius 1 is 1.00 bits per heavy atom. The highest BCUT2D eigenvalue weighted by atomic mass is 16.5. The number of ether oxygens (including phenoxy) is 1. The monoisotopic (exact) mass is 365 g/mol. The van der Waals surface area contributed by atoms with Crippen LogP contribution in [0.2, 0.25) is 0 Å². The molecule has 1 amide bonds. The van der Waals surface area contributed by atoms with Gasteiger partial charge < -0.3 is 9.64 Å². The van der Waals surface area contributed by atoms with E-state index in [9.17, 15) is 9.59 Å². The lowest BCUT2D eigenvalue weighted by atomic mass is 9.96. The van der Waals surface area contributed by atoms with E-state index in [-0.39, 0.29) is 23.8 Å². The second-order valence-corrected chi connectivity index (χ2v) is 7.05. The van der Waals surface area contributed by atoms with Gasteiger partial charge in [0.05, 0.1) is 13.0 Å². The highest BCUT2D eigenvalue weighted by Crippen LogP contribution is 2.34. The minimum atomic E-state index is -0.166. The largest absolute Gasteiger partial charge is 0.466 e. The van der Waals surface area contributed by atoms with Crippen LogP contribution < -0.4 is 0 Å². The number of rotatable bonds is 7. The highest BCUT2D eigenvalue weighted by Gasteiger charge is 2.36. The van der Waals surface area contributed by atoms with Crippen LogP contribution >= 0.6 is 0 Å². The zero-order valence-corrected chi connectivity index (χ0v) is 15.8. The van der Waals surface area contributed by atoms with Crippen molar-refractivity contribution in [3.8, 4) is 0 Å². The summed E-state index contributed by atoms with van der Waals surface area (Å²) >= 11 is 0. The van der Waals surface area contributed by atoms with E-state index >= 15 is 0 Å². The Bertz CT molecular complexity index is 745. The SMILES string of the molecule is CCOC(=O)CC1CCCC1N(Cc1ccccc1)C(=O)c1ccccc1. The summed E-state index contributed by atoms with van der Waals surface area (Å²) in [6.45, 7) is 2.77. The molecule has 2 atom stereocenters. The van der Waals surface area contributed by atoms with Gasteiger partial charge in [0.25, 0.3) is 5.91 Å². The van der Waals surface area contributed by atoms with Gasteiger partial charge >= 0.3 is 5.97 Å². The molecule has 0 bridgehead atoms. The van der Waals surface area contributed by atoms with E-state index in [1.54, 1.807) is 0 Å². The Balaban J connectivity index is 1.84. The molecule has 0 aliphatic heterocycles. The molecule has 142 valence electrons. The molecule has 2 aromatic rings. The summed E-state index contributed by atoms with van der Waals surface area (Å²) in [5.74, 6) is 0.0156. The second kappa shape index (κ2) is 9.36. The lowest BCUT2D eigenvalue weighted by Crippen LogP contribution is -2.42. The maximum atomic E-state index is 13.3. The fraction of sp³-hybridized carbons (Fsp3) is 0.391. The van der Waals surface area contributed by atoms with Gasteiger partial charge in [-0.3, -0.25) is 9.59 Å². The van der Waals surface area contributed by atoms with Crippen LogP contribution in [-0.2, 0) is 16.1 Å². The average Bonchev–Trinajstić information content (AvgIpc) is 3.15. The number of esters is 1. The Morgan fingerprint density at radius 3 is 2.33 bits per heavy atom. The average molecular weight is 365 g/mol. The molecule has 0 heterocycles. The number of hydrogen-bond donors (Lipinski definition) is 0. The molecule has 1 aliphatic carbocycles. The lowest BCUT2D eigenvalue weighted by molar-refractivity contribution is -0.144. The summed E-state index contributed by atoms with van der Waals surface area (Å²) in [5, 5.41) is 0. The highest BCUT2D eigenvalue weighted by molar-refractivity contribution is 5.94. The van der Waals surface area contributed by atoms with Gasteiger partial charge in [0.1, 0.15) is 0 Å². The Hall–Kier alpha value is -2.62. The zero-order chi connectivity index (χ0) is 19.1. The van der Waals surface area contributed by atoms with Crippen molar-refractivity contribution in [2.24, 2.45) is 5.92 Å². The maximum absolute atomic E-state index is 13.3. The summed E-state index contributed by atoms with van der Waals surface area (Å²) in [4.78, 5) is 27.3. The van der Waals surface area contributed by atoms with Crippen molar-refractivity contribution < 1.29 is 14.3 Å². The van der Waals surface area contributed by atoms with Gasteiger partial charge in [-0.05, 0) is 43.4 Å². The molecule has 27 heavy (non-hydrogen) atoms. The molecular formula is C23H27NO3. The standard InChI is InChI=1S/C23H27NO3/c1-2-27-22(25)16-20-14-9-15-21(20)24(17-18-10-5-3-6-11-18)23(26)19-12-7-4-8-13-19/h3-8,10-13,20-21H,2,9,14-17H2,1H3. The molecule has 0 aromatic heterocycles. The molecule has 4 heteroatoms. The molecular weight excluding hydrogens is 338 g/mol. The minimum absolute atomic E-state index is 0.0280. The number of amides is 1. The first-order chi connectivity index (χ1) is 13.2. The van der Waals surface area contributed by atoms with Crippen LogP contribution in [0.5, 0.6) is 0 Å². The quantitative estimate of drug-likeness (QED) is 0.681. The molecule has 4 nitrogen and oxygen atoms in total. The number of hydrogen-bond acceptors (Lipinski definition) is 3. The zero-order valence-electron chi connectivity index (χ0n) is 15.8. The Morgan fingerprint density at radius 2 is 1.67 bits per heavy atom. The van der Waals surface area contributed by atoms with Gasteiger partial charge in [0, 0.05) is 18.2 Å². The van der Waals surface area contributed by atoms with Crippen molar-refractivity contribution in [1.29, 1.82) is 0 Å². The Kier molecular flexibility index (Phi) is 6.64. The molecule has 2 unspecified atom stereocenters. The number of carbonyl (C=O) groups is 2. The van der Waals surface area contributed by atoms with Crippen LogP contribution in [0.1, 0.15) is 48.5 Å².